The van der Waals surface area contributed by atoms with Gasteiger partial charge in [-0.2, -0.15) is 0 Å². The first-order valence-electron chi connectivity index (χ1n) is 5.58. The van der Waals surface area contributed by atoms with E-state index in [0.29, 0.717) is 0 Å². The molecule has 0 aromatic rings. The molecule has 1 aliphatic rings. The van der Waals surface area contributed by atoms with E-state index in [1.807, 2.05) is 6.92 Å². The van der Waals surface area contributed by atoms with Crippen molar-refractivity contribution >= 4 is 11.8 Å². The van der Waals surface area contributed by atoms with Crippen LogP contribution in [0.2, 0.25) is 0 Å². The Morgan fingerprint density at radius 3 is 2.18 bits per heavy atom. The minimum Gasteiger partial charge on any atom is -0.481 e. The summed E-state index contributed by atoms with van der Waals surface area (Å²) < 4.78 is 10.7. The van der Waals surface area contributed by atoms with Crippen LogP contribution >= 0.6 is 0 Å². The molecule has 1 aliphatic carbocycles. The van der Waals surface area contributed by atoms with E-state index in [4.69, 9.17) is 30.5 Å². The number of carbonyl (C=O) groups is 1. The number of rotatable bonds is 4. The number of ether oxygens (including phenoxy) is 2. The number of carboxylic acid groups (broad SMARTS) is 1. The topological polar surface area (TPSA) is 106 Å². The van der Waals surface area contributed by atoms with E-state index in [1.165, 1.54) is 0 Å². The van der Waals surface area contributed by atoms with Crippen LogP contribution < -0.4 is 5.73 Å². The number of aliphatic carboxylic acids is 1. The highest BCUT2D eigenvalue weighted by atomic mass is 16.7. The van der Waals surface area contributed by atoms with Gasteiger partial charge in [0.2, 0.25) is 0 Å². The zero-order chi connectivity index (χ0) is 13.5. The number of nitrogens with one attached hydrogen (secondary N) is 1. The van der Waals surface area contributed by atoms with Gasteiger partial charge in [0.1, 0.15) is 11.4 Å². The van der Waals surface area contributed by atoms with Crippen molar-refractivity contribution in [2.45, 2.75) is 51.4 Å². The summed E-state index contributed by atoms with van der Waals surface area (Å²) in [5.74, 6) is -0.700. The molecule has 4 N–H and O–H groups in total. The number of amidine groups is 1. The predicted molar refractivity (Wildman–Crippen MR) is 64.0 cm³/mol. The Bertz CT molecular complexity index is 258. The molecule has 100 valence electrons. The lowest BCUT2D eigenvalue weighted by Crippen LogP contribution is -2.45. The van der Waals surface area contributed by atoms with Crippen LogP contribution in [0.3, 0.4) is 0 Å². The maximum absolute atomic E-state index is 9.00. The van der Waals surface area contributed by atoms with E-state index in [0.717, 1.165) is 32.6 Å². The third kappa shape index (κ3) is 5.65. The number of carboxylic acids is 1. The van der Waals surface area contributed by atoms with Gasteiger partial charge < -0.3 is 20.3 Å². The first-order valence-corrected chi connectivity index (χ1v) is 5.58. The normalized spacial score (nSPS) is 19.0. The van der Waals surface area contributed by atoms with Gasteiger partial charge >= 0.3 is 0 Å². The van der Waals surface area contributed by atoms with Crippen LogP contribution in [0.4, 0.5) is 0 Å². The van der Waals surface area contributed by atoms with Crippen molar-refractivity contribution in [1.29, 1.82) is 5.41 Å². The Balaban J connectivity index is 0.000000557. The molecule has 1 unspecified atom stereocenters. The van der Waals surface area contributed by atoms with Crippen LogP contribution in [-0.2, 0) is 14.3 Å². The van der Waals surface area contributed by atoms with Crippen LogP contribution in [0.25, 0.3) is 0 Å². The summed E-state index contributed by atoms with van der Waals surface area (Å²) in [5, 5.41) is 14.9. The molecule has 0 aromatic heterocycles. The molecule has 0 radical (unpaired) electrons. The maximum atomic E-state index is 9.00. The minimum absolute atomic E-state index is 0.133. The van der Waals surface area contributed by atoms with Crippen molar-refractivity contribution in [2.75, 3.05) is 7.11 Å². The Hall–Kier alpha value is -1.14. The molecule has 1 atom stereocenters. The first kappa shape index (κ1) is 15.9. The number of methoxy groups -OCH3 is 1. The van der Waals surface area contributed by atoms with E-state index in [1.54, 1.807) is 7.11 Å². The Morgan fingerprint density at radius 1 is 1.47 bits per heavy atom. The quantitative estimate of drug-likeness (QED) is 0.394. The minimum atomic E-state index is -0.833. The Labute approximate surface area is 102 Å². The van der Waals surface area contributed by atoms with Gasteiger partial charge in [0, 0.05) is 14.0 Å². The van der Waals surface area contributed by atoms with Gasteiger partial charge in [0.25, 0.3) is 5.97 Å². The molecule has 6 nitrogen and oxygen atoms in total. The number of hydrogen-bond donors (Lipinski definition) is 3. The predicted octanol–water partition coefficient (Wildman–Crippen LogP) is 1.34. The van der Waals surface area contributed by atoms with Crippen LogP contribution in [0.5, 0.6) is 0 Å². The number of nitrogens with two attached hydrogens (primary N) is 1. The zero-order valence-corrected chi connectivity index (χ0v) is 10.7. The molecule has 0 amide bonds. The van der Waals surface area contributed by atoms with Gasteiger partial charge in [0.05, 0.1) is 0 Å². The van der Waals surface area contributed by atoms with E-state index in [-0.39, 0.29) is 12.1 Å². The second-order valence-electron chi connectivity index (χ2n) is 4.06. The molecule has 0 spiro atoms. The highest BCUT2D eigenvalue weighted by Crippen LogP contribution is 2.34. The van der Waals surface area contributed by atoms with Crippen molar-refractivity contribution in [3.8, 4) is 0 Å². The van der Waals surface area contributed by atoms with Gasteiger partial charge in [-0.3, -0.25) is 10.2 Å². The summed E-state index contributed by atoms with van der Waals surface area (Å²) in [6.07, 6.45) is 3.56. The van der Waals surface area contributed by atoms with Gasteiger partial charge in [-0.15, -0.1) is 0 Å². The lowest BCUT2D eigenvalue weighted by Gasteiger charge is -2.30. The van der Waals surface area contributed by atoms with Crippen molar-refractivity contribution in [3.05, 3.63) is 0 Å². The van der Waals surface area contributed by atoms with Crippen molar-refractivity contribution in [1.82, 2.24) is 0 Å². The maximum Gasteiger partial charge on any atom is 0.300 e. The largest absolute Gasteiger partial charge is 0.481 e. The fraction of sp³-hybridized carbons (Fsp3) is 0.818. The molecular weight excluding hydrogens is 224 g/mol. The summed E-state index contributed by atoms with van der Waals surface area (Å²) in [5.41, 5.74) is 4.99. The lowest BCUT2D eigenvalue weighted by molar-refractivity contribution is -0.163. The third-order valence-electron chi connectivity index (χ3n) is 2.63. The number of hydrogen-bond acceptors (Lipinski definition) is 4. The third-order valence-corrected chi connectivity index (χ3v) is 2.63. The molecule has 0 aliphatic heterocycles. The molecule has 0 heterocycles. The van der Waals surface area contributed by atoms with E-state index in [9.17, 15) is 0 Å². The van der Waals surface area contributed by atoms with Gasteiger partial charge in [-0.05, 0) is 32.6 Å². The fourth-order valence-electron chi connectivity index (χ4n) is 1.76. The molecule has 0 saturated heterocycles. The van der Waals surface area contributed by atoms with E-state index in [2.05, 4.69) is 0 Å². The van der Waals surface area contributed by atoms with E-state index >= 15 is 0 Å². The average molecular weight is 246 g/mol. The molecule has 1 fully saturated rings. The lowest BCUT2D eigenvalue weighted by atomic mass is 10.0. The molecule has 6 heteroatoms. The van der Waals surface area contributed by atoms with Gasteiger partial charge in [-0.25, -0.2) is 0 Å². The smallest absolute Gasteiger partial charge is 0.300 e. The Morgan fingerprint density at radius 2 is 1.88 bits per heavy atom. The Kier molecular flexibility index (Phi) is 6.75. The highest BCUT2D eigenvalue weighted by Gasteiger charge is 2.39. The summed E-state index contributed by atoms with van der Waals surface area (Å²) in [6, 6.07) is 0. The van der Waals surface area contributed by atoms with Crippen LogP contribution in [-0.4, -0.2) is 35.9 Å². The summed E-state index contributed by atoms with van der Waals surface area (Å²) in [6.45, 7) is 2.91. The SMILES string of the molecule is CC(=O)O.COC(C)OC1(C(=N)N)CCCC1. The van der Waals surface area contributed by atoms with Crippen molar-refractivity contribution in [3.63, 3.8) is 0 Å². The summed E-state index contributed by atoms with van der Waals surface area (Å²) in [7, 11) is 1.59. The molecule has 17 heavy (non-hydrogen) atoms. The average Bonchev–Trinajstić information content (AvgIpc) is 2.66. The molecule has 1 rings (SSSR count). The van der Waals surface area contributed by atoms with Gasteiger partial charge in [-0.1, -0.05) is 0 Å². The van der Waals surface area contributed by atoms with Crippen LogP contribution in [0, 0.1) is 5.41 Å². The molecular formula is C11H22N2O4. The first-order chi connectivity index (χ1) is 7.84. The van der Waals surface area contributed by atoms with Gasteiger partial charge in [0.15, 0.2) is 6.29 Å². The zero-order valence-electron chi connectivity index (χ0n) is 10.7. The van der Waals surface area contributed by atoms with Crippen LogP contribution in [0.15, 0.2) is 0 Å². The molecule has 0 aromatic carbocycles. The highest BCUT2D eigenvalue weighted by molar-refractivity contribution is 5.86. The van der Waals surface area contributed by atoms with Crippen molar-refractivity contribution < 1.29 is 19.4 Å². The fourth-order valence-corrected chi connectivity index (χ4v) is 1.76. The molecule has 0 bridgehead atoms. The summed E-state index contributed by atoms with van der Waals surface area (Å²) in [4.78, 5) is 9.00. The standard InChI is InChI=1S/C9H18N2O2.C2H4O2/c1-7(12-2)13-9(8(10)11)5-3-4-6-9;1-2(3)4/h7H,3-6H2,1-2H3,(H3,10,11);1H3,(H,3,4). The van der Waals surface area contributed by atoms with E-state index < -0.39 is 11.6 Å². The summed E-state index contributed by atoms with van der Waals surface area (Å²) >= 11 is 0. The molecule has 1 saturated carbocycles. The monoisotopic (exact) mass is 246 g/mol. The second-order valence-corrected chi connectivity index (χ2v) is 4.06. The second kappa shape index (κ2) is 7.24. The van der Waals surface area contributed by atoms with Crippen molar-refractivity contribution in [2.24, 2.45) is 5.73 Å². The van der Waals surface area contributed by atoms with Crippen LogP contribution in [0.1, 0.15) is 39.5 Å².